The van der Waals surface area contributed by atoms with Crippen molar-refractivity contribution < 1.29 is 14.9 Å². The van der Waals surface area contributed by atoms with E-state index in [0.29, 0.717) is 13.0 Å². The molecule has 0 aliphatic heterocycles. The zero-order valence-electron chi connectivity index (χ0n) is 13.3. The van der Waals surface area contributed by atoms with Gasteiger partial charge in [0, 0.05) is 24.4 Å². The summed E-state index contributed by atoms with van der Waals surface area (Å²) in [7, 11) is 0. The number of rotatable bonds is 8. The van der Waals surface area contributed by atoms with Crippen LogP contribution in [0.2, 0.25) is 0 Å². The first-order valence-corrected chi connectivity index (χ1v) is 7.77. The predicted octanol–water partition coefficient (Wildman–Crippen LogP) is 1.94. The summed E-state index contributed by atoms with van der Waals surface area (Å²) in [5.74, 6) is 6.47. The molecule has 0 aliphatic carbocycles. The topological polar surface area (TPSA) is 61.7 Å². The lowest BCUT2D eigenvalue weighted by atomic mass is 10.1. The highest BCUT2D eigenvalue weighted by Crippen LogP contribution is 2.25. The van der Waals surface area contributed by atoms with Gasteiger partial charge in [0.15, 0.2) is 0 Å². The van der Waals surface area contributed by atoms with Crippen LogP contribution in [0.15, 0.2) is 42.5 Å². The van der Waals surface area contributed by atoms with Crippen LogP contribution in [0, 0.1) is 11.8 Å². The van der Waals surface area contributed by atoms with Gasteiger partial charge in [-0.1, -0.05) is 36.4 Å². The lowest BCUT2D eigenvalue weighted by Gasteiger charge is -2.18. The average Bonchev–Trinajstić information content (AvgIpc) is 2.60. The summed E-state index contributed by atoms with van der Waals surface area (Å²) in [6.45, 7) is 2.30. The molecule has 2 aromatic rings. The number of aliphatic hydroxyl groups excluding tert-OH is 2. The van der Waals surface area contributed by atoms with Gasteiger partial charge in [-0.2, -0.15) is 0 Å². The summed E-state index contributed by atoms with van der Waals surface area (Å²) < 4.78 is 5.75. The van der Waals surface area contributed by atoms with E-state index < -0.39 is 6.10 Å². The molecule has 2 rings (SSSR count). The van der Waals surface area contributed by atoms with Gasteiger partial charge in [-0.3, -0.25) is 0 Å². The Hall–Kier alpha value is -2.06. The number of ether oxygens (including phenoxy) is 1. The maximum atomic E-state index is 10.0. The van der Waals surface area contributed by atoms with Gasteiger partial charge in [0.1, 0.15) is 18.5 Å². The molecule has 0 fully saturated rings. The van der Waals surface area contributed by atoms with Crippen molar-refractivity contribution in [1.82, 2.24) is 5.32 Å². The summed E-state index contributed by atoms with van der Waals surface area (Å²) in [5, 5.41) is 24.5. The van der Waals surface area contributed by atoms with Crippen LogP contribution in [0.5, 0.6) is 5.75 Å². The molecule has 0 bridgehead atoms. The third-order valence-corrected chi connectivity index (χ3v) is 3.57. The van der Waals surface area contributed by atoms with E-state index in [0.717, 1.165) is 16.5 Å². The van der Waals surface area contributed by atoms with Crippen molar-refractivity contribution >= 4 is 10.8 Å². The lowest BCUT2D eigenvalue weighted by Crippen LogP contribution is -2.39. The number of fused-ring (bicyclic) bond motifs is 1. The van der Waals surface area contributed by atoms with E-state index in [1.54, 1.807) is 6.92 Å². The summed E-state index contributed by atoms with van der Waals surface area (Å²) >= 11 is 0. The molecule has 4 heteroatoms. The number of hydrogen-bond donors (Lipinski definition) is 3. The standard InChI is InChI=1S/C19H23NO3/c1-2-3-9-16(13-21)20-12-17(22)14-23-19-11-6-8-15-7-4-5-10-18(15)19/h4-8,10-11,16-17,20-22H,9,12-14H2,1H3. The third-order valence-electron chi connectivity index (χ3n) is 3.57. The molecule has 4 nitrogen and oxygen atoms in total. The second-order valence-electron chi connectivity index (χ2n) is 5.36. The molecule has 2 aromatic carbocycles. The molecule has 0 amide bonds. The Morgan fingerprint density at radius 1 is 1.17 bits per heavy atom. The zero-order valence-corrected chi connectivity index (χ0v) is 13.3. The van der Waals surface area contributed by atoms with Gasteiger partial charge in [0.25, 0.3) is 0 Å². The van der Waals surface area contributed by atoms with Crippen LogP contribution < -0.4 is 10.1 Å². The highest BCUT2D eigenvalue weighted by molar-refractivity contribution is 5.88. The van der Waals surface area contributed by atoms with Crippen LogP contribution >= 0.6 is 0 Å². The maximum absolute atomic E-state index is 10.0. The number of hydrogen-bond acceptors (Lipinski definition) is 4. The fourth-order valence-corrected chi connectivity index (χ4v) is 2.30. The molecular weight excluding hydrogens is 290 g/mol. The van der Waals surface area contributed by atoms with E-state index in [9.17, 15) is 10.2 Å². The first kappa shape index (κ1) is 17.3. The molecule has 0 aromatic heterocycles. The van der Waals surface area contributed by atoms with Crippen molar-refractivity contribution in [1.29, 1.82) is 0 Å². The van der Waals surface area contributed by atoms with Crippen LogP contribution in [0.1, 0.15) is 13.3 Å². The summed E-state index contributed by atoms with van der Waals surface area (Å²) in [5.41, 5.74) is 0. The Morgan fingerprint density at radius 3 is 2.74 bits per heavy atom. The van der Waals surface area contributed by atoms with Crippen LogP contribution in [0.25, 0.3) is 10.8 Å². The zero-order chi connectivity index (χ0) is 16.5. The van der Waals surface area contributed by atoms with E-state index in [2.05, 4.69) is 17.2 Å². The van der Waals surface area contributed by atoms with Gasteiger partial charge in [0.05, 0.1) is 6.61 Å². The highest BCUT2D eigenvalue weighted by atomic mass is 16.5. The molecule has 2 atom stereocenters. The van der Waals surface area contributed by atoms with E-state index in [4.69, 9.17) is 4.74 Å². The predicted molar refractivity (Wildman–Crippen MR) is 92.4 cm³/mol. The summed E-state index contributed by atoms with van der Waals surface area (Å²) in [4.78, 5) is 0. The van der Waals surface area contributed by atoms with Crippen LogP contribution in [0.4, 0.5) is 0 Å². The van der Waals surface area contributed by atoms with Crippen LogP contribution in [-0.4, -0.2) is 42.1 Å². The van der Waals surface area contributed by atoms with E-state index in [1.807, 2.05) is 42.5 Å². The van der Waals surface area contributed by atoms with E-state index in [-0.39, 0.29) is 19.3 Å². The molecule has 0 saturated heterocycles. The SMILES string of the molecule is CC#CCC(CO)NCC(O)COc1cccc2ccccc12. The average molecular weight is 313 g/mol. The fourth-order valence-electron chi connectivity index (χ4n) is 2.30. The molecule has 0 spiro atoms. The van der Waals surface area contributed by atoms with Crippen LogP contribution in [-0.2, 0) is 0 Å². The second kappa shape index (κ2) is 9.16. The largest absolute Gasteiger partial charge is 0.490 e. The minimum Gasteiger partial charge on any atom is -0.490 e. The Labute approximate surface area is 137 Å². The summed E-state index contributed by atoms with van der Waals surface area (Å²) in [6, 6.07) is 13.7. The smallest absolute Gasteiger partial charge is 0.127 e. The van der Waals surface area contributed by atoms with Crippen molar-refractivity contribution in [2.45, 2.75) is 25.5 Å². The maximum Gasteiger partial charge on any atom is 0.127 e. The van der Waals surface area contributed by atoms with Gasteiger partial charge in [-0.05, 0) is 18.4 Å². The second-order valence-corrected chi connectivity index (χ2v) is 5.36. The number of benzene rings is 2. The minimum atomic E-state index is -0.655. The Balaban J connectivity index is 1.85. The molecule has 23 heavy (non-hydrogen) atoms. The number of aliphatic hydroxyl groups is 2. The Morgan fingerprint density at radius 2 is 1.96 bits per heavy atom. The van der Waals surface area contributed by atoms with Crippen molar-refractivity contribution in [2.75, 3.05) is 19.8 Å². The van der Waals surface area contributed by atoms with Crippen molar-refractivity contribution in [3.05, 3.63) is 42.5 Å². The normalized spacial score (nSPS) is 13.2. The molecule has 0 saturated carbocycles. The van der Waals surface area contributed by atoms with Gasteiger partial charge < -0.3 is 20.3 Å². The fraction of sp³-hybridized carbons (Fsp3) is 0.368. The van der Waals surface area contributed by atoms with Crippen molar-refractivity contribution in [2.24, 2.45) is 0 Å². The third kappa shape index (κ3) is 5.26. The van der Waals surface area contributed by atoms with Crippen LogP contribution in [0.3, 0.4) is 0 Å². The van der Waals surface area contributed by atoms with E-state index >= 15 is 0 Å². The van der Waals surface area contributed by atoms with Gasteiger partial charge in [0.2, 0.25) is 0 Å². The quantitative estimate of drug-likeness (QED) is 0.652. The summed E-state index contributed by atoms with van der Waals surface area (Å²) in [6.07, 6.45) is -0.0956. The Bertz CT molecular complexity index is 670. The minimum absolute atomic E-state index is 0.00835. The van der Waals surface area contributed by atoms with E-state index in [1.165, 1.54) is 0 Å². The highest BCUT2D eigenvalue weighted by Gasteiger charge is 2.11. The molecule has 122 valence electrons. The van der Waals surface area contributed by atoms with Gasteiger partial charge >= 0.3 is 0 Å². The molecule has 2 unspecified atom stereocenters. The Kier molecular flexibility index (Phi) is 6.89. The molecule has 0 aliphatic rings. The molecular formula is C19H23NO3. The van der Waals surface area contributed by atoms with Gasteiger partial charge in [-0.25, -0.2) is 0 Å². The molecule has 0 heterocycles. The molecule has 3 N–H and O–H groups in total. The first-order valence-electron chi connectivity index (χ1n) is 7.77. The first-order chi connectivity index (χ1) is 11.2. The van der Waals surface area contributed by atoms with Crippen molar-refractivity contribution in [3.8, 4) is 17.6 Å². The molecule has 0 radical (unpaired) electrons. The lowest BCUT2D eigenvalue weighted by molar-refractivity contribution is 0.101. The van der Waals surface area contributed by atoms with Gasteiger partial charge in [-0.15, -0.1) is 11.8 Å². The number of nitrogens with one attached hydrogen (secondary N) is 1. The van der Waals surface area contributed by atoms with Crippen molar-refractivity contribution in [3.63, 3.8) is 0 Å². The monoisotopic (exact) mass is 313 g/mol.